The number of hydrogen-bond donors (Lipinski definition) is 1. The summed E-state index contributed by atoms with van der Waals surface area (Å²) in [7, 11) is 0. The van der Waals surface area contributed by atoms with E-state index >= 15 is 0 Å². The number of nitrogens with zero attached hydrogens (tertiary/aromatic N) is 5. The minimum atomic E-state index is 0.0491. The van der Waals surface area contributed by atoms with E-state index in [0.717, 1.165) is 40.2 Å². The summed E-state index contributed by atoms with van der Waals surface area (Å²) in [6, 6.07) is 11.3. The average Bonchev–Trinajstić information content (AvgIpc) is 3.26. The third-order valence-electron chi connectivity index (χ3n) is 5.29. The molecule has 0 unspecified atom stereocenters. The van der Waals surface area contributed by atoms with Crippen molar-refractivity contribution in [3.05, 3.63) is 59.1 Å². The van der Waals surface area contributed by atoms with Crippen LogP contribution in [0.3, 0.4) is 0 Å². The molecule has 2 aliphatic heterocycles. The molecule has 0 fully saturated rings. The molecule has 0 saturated carbocycles. The summed E-state index contributed by atoms with van der Waals surface area (Å²) in [6.07, 6.45) is 2.61. The van der Waals surface area contributed by atoms with Crippen molar-refractivity contribution in [2.75, 3.05) is 0 Å². The molecular weight excluding hydrogens is 338 g/mol. The van der Waals surface area contributed by atoms with Crippen LogP contribution in [0.25, 0.3) is 22.4 Å². The van der Waals surface area contributed by atoms with E-state index in [2.05, 4.69) is 19.3 Å². The highest BCUT2D eigenvalue weighted by Crippen LogP contribution is 2.50. The summed E-state index contributed by atoms with van der Waals surface area (Å²) in [5.74, 6) is 2.02. The van der Waals surface area contributed by atoms with Gasteiger partial charge in [-0.05, 0) is 18.2 Å². The van der Waals surface area contributed by atoms with Crippen LogP contribution in [0.2, 0.25) is 5.02 Å². The maximum absolute atomic E-state index is 9.96. The van der Waals surface area contributed by atoms with E-state index < -0.39 is 0 Å². The molecule has 7 heteroatoms. The topological polar surface area (TPSA) is 68.8 Å². The fourth-order valence-corrected chi connectivity index (χ4v) is 4.60. The summed E-state index contributed by atoms with van der Waals surface area (Å²) in [4.78, 5) is 4.83. The van der Waals surface area contributed by atoms with Gasteiger partial charge in [-0.15, -0.1) is 10.2 Å². The number of benzene rings is 2. The molecular formula is C18H12ClN5O. The maximum Gasteiger partial charge on any atom is 0.164 e. The number of phenols is 1. The van der Waals surface area contributed by atoms with Gasteiger partial charge in [0.05, 0.1) is 23.1 Å². The van der Waals surface area contributed by atoms with Gasteiger partial charge in [0, 0.05) is 28.6 Å². The van der Waals surface area contributed by atoms with Crippen LogP contribution in [0.5, 0.6) is 5.75 Å². The first kappa shape index (κ1) is 13.4. The molecule has 4 heterocycles. The second-order valence-electron chi connectivity index (χ2n) is 6.54. The van der Waals surface area contributed by atoms with Gasteiger partial charge in [-0.2, -0.15) is 0 Å². The fraction of sp³-hybridized carbons (Fsp3) is 0.167. The lowest BCUT2D eigenvalue weighted by atomic mass is 9.98. The second-order valence-corrected chi connectivity index (χ2v) is 6.95. The van der Waals surface area contributed by atoms with Crippen molar-refractivity contribution in [3.8, 4) is 17.1 Å². The Morgan fingerprint density at radius 1 is 1.16 bits per heavy atom. The van der Waals surface area contributed by atoms with E-state index in [1.54, 1.807) is 18.5 Å². The smallest absolute Gasteiger partial charge is 0.164 e. The lowest BCUT2D eigenvalue weighted by molar-refractivity contribution is 0.475. The van der Waals surface area contributed by atoms with Crippen LogP contribution in [-0.4, -0.2) is 29.4 Å². The van der Waals surface area contributed by atoms with Crippen molar-refractivity contribution < 1.29 is 5.11 Å². The highest BCUT2D eigenvalue weighted by atomic mass is 35.5. The van der Waals surface area contributed by atoms with E-state index in [4.69, 9.17) is 16.6 Å². The summed E-state index contributed by atoms with van der Waals surface area (Å²) < 4.78 is 4.28. The predicted octanol–water partition coefficient (Wildman–Crippen LogP) is 3.55. The number of aromatic nitrogens is 5. The van der Waals surface area contributed by atoms with E-state index in [1.807, 2.05) is 24.3 Å². The predicted molar refractivity (Wildman–Crippen MR) is 92.8 cm³/mol. The van der Waals surface area contributed by atoms with Crippen LogP contribution < -0.4 is 0 Å². The van der Waals surface area contributed by atoms with Gasteiger partial charge in [-0.3, -0.25) is 0 Å². The van der Waals surface area contributed by atoms with Gasteiger partial charge in [0.15, 0.2) is 5.82 Å². The van der Waals surface area contributed by atoms with Crippen molar-refractivity contribution in [1.29, 1.82) is 0 Å². The number of fused-ring (bicyclic) bond motifs is 6. The fourth-order valence-electron chi connectivity index (χ4n) is 4.30. The van der Waals surface area contributed by atoms with Crippen LogP contribution in [0.15, 0.2) is 42.7 Å². The molecule has 2 aliphatic rings. The zero-order valence-corrected chi connectivity index (χ0v) is 13.7. The Labute approximate surface area is 147 Å². The maximum atomic E-state index is 9.96. The van der Waals surface area contributed by atoms with E-state index in [-0.39, 0.29) is 17.8 Å². The van der Waals surface area contributed by atoms with Gasteiger partial charge in [-0.25, -0.2) is 4.98 Å². The highest BCUT2D eigenvalue weighted by Gasteiger charge is 2.42. The van der Waals surface area contributed by atoms with Crippen LogP contribution in [-0.2, 0) is 0 Å². The lowest BCUT2D eigenvalue weighted by Crippen LogP contribution is -2.11. The molecule has 1 N–H and O–H groups in total. The molecule has 0 saturated heterocycles. The van der Waals surface area contributed by atoms with Crippen molar-refractivity contribution in [3.63, 3.8) is 0 Å². The second kappa shape index (κ2) is 4.40. The molecule has 25 heavy (non-hydrogen) atoms. The largest absolute Gasteiger partial charge is 0.508 e. The number of hydrogen-bond acceptors (Lipinski definition) is 4. The summed E-state index contributed by atoms with van der Waals surface area (Å²) in [5, 5.41) is 19.1. The summed E-state index contributed by atoms with van der Waals surface area (Å²) in [6.45, 7) is 0. The quantitative estimate of drug-likeness (QED) is 0.527. The average molecular weight is 350 g/mol. The zero-order chi connectivity index (χ0) is 16.7. The van der Waals surface area contributed by atoms with Crippen LogP contribution in [0.4, 0.5) is 0 Å². The monoisotopic (exact) mass is 349 g/mol. The summed E-state index contributed by atoms with van der Waals surface area (Å²) in [5.41, 5.74) is 3.84. The Bertz CT molecular complexity index is 1180. The van der Waals surface area contributed by atoms with E-state index in [9.17, 15) is 5.11 Å². The minimum absolute atomic E-state index is 0.0491. The minimum Gasteiger partial charge on any atom is -0.508 e. The van der Waals surface area contributed by atoms with Crippen LogP contribution in [0, 0.1) is 0 Å². The lowest BCUT2D eigenvalue weighted by Gasteiger charge is -2.19. The third kappa shape index (κ3) is 1.57. The Morgan fingerprint density at radius 3 is 3.00 bits per heavy atom. The van der Waals surface area contributed by atoms with Crippen LogP contribution >= 0.6 is 11.6 Å². The van der Waals surface area contributed by atoms with Crippen molar-refractivity contribution in [2.24, 2.45) is 0 Å². The molecule has 0 aliphatic carbocycles. The summed E-state index contributed by atoms with van der Waals surface area (Å²) >= 11 is 6.62. The molecule has 0 amide bonds. The molecule has 4 aromatic rings. The number of phenolic OH excluding ortho intramolecular Hbond substituents is 1. The first-order valence-electron chi connectivity index (χ1n) is 8.11. The molecule has 122 valence electrons. The Hall–Kier alpha value is -2.86. The zero-order valence-electron chi connectivity index (χ0n) is 13.0. The van der Waals surface area contributed by atoms with Crippen LogP contribution in [0.1, 0.15) is 29.9 Å². The molecule has 2 atom stereocenters. The molecule has 2 aromatic heterocycles. The normalized spacial score (nSPS) is 20.2. The molecule has 0 radical (unpaired) electrons. The highest BCUT2D eigenvalue weighted by molar-refractivity contribution is 6.31. The number of rotatable bonds is 0. The number of imidazole rings is 1. The van der Waals surface area contributed by atoms with Crippen molar-refractivity contribution in [1.82, 2.24) is 24.3 Å². The Balaban J connectivity index is 1.78. The van der Waals surface area contributed by atoms with Crippen molar-refractivity contribution >= 4 is 22.6 Å². The van der Waals surface area contributed by atoms with Gasteiger partial charge in [0.1, 0.15) is 17.9 Å². The van der Waals surface area contributed by atoms with Gasteiger partial charge < -0.3 is 14.2 Å². The SMILES string of the molecule is Oc1ccc2nc3n(c2c1)[C@H]1C[C@@H]3n2cnnc2-c2cccc(Cl)c21. The standard InChI is InChI=1S/C18H12ClN5O/c19-11-3-1-2-10-16(11)14-7-15(23-8-20-22-17(10)23)18-21-12-5-4-9(25)6-13(12)24(14)18/h1-6,8,14-15,25H,7H2/t14-,15-/m0/s1. The van der Waals surface area contributed by atoms with E-state index in [1.165, 1.54) is 0 Å². The first-order chi connectivity index (χ1) is 12.2. The number of halogens is 1. The first-order valence-corrected chi connectivity index (χ1v) is 8.49. The molecule has 0 spiro atoms. The molecule has 6 rings (SSSR count). The Kier molecular flexibility index (Phi) is 2.36. The van der Waals surface area contributed by atoms with Gasteiger partial charge >= 0.3 is 0 Å². The number of aromatic hydroxyl groups is 1. The van der Waals surface area contributed by atoms with Gasteiger partial charge in [-0.1, -0.05) is 23.7 Å². The van der Waals surface area contributed by atoms with Gasteiger partial charge in [0.25, 0.3) is 0 Å². The third-order valence-corrected chi connectivity index (χ3v) is 5.62. The Morgan fingerprint density at radius 2 is 2.08 bits per heavy atom. The molecule has 2 bridgehead atoms. The van der Waals surface area contributed by atoms with Gasteiger partial charge in [0.2, 0.25) is 0 Å². The van der Waals surface area contributed by atoms with Crippen molar-refractivity contribution in [2.45, 2.75) is 18.5 Å². The van der Waals surface area contributed by atoms with E-state index in [0.29, 0.717) is 5.02 Å². The molecule has 2 aromatic carbocycles. The molecule has 6 nitrogen and oxygen atoms in total.